The molecule has 0 heterocycles. The summed E-state index contributed by atoms with van der Waals surface area (Å²) in [5, 5.41) is 2.88. The molecule has 1 rings (SSSR count). The van der Waals surface area contributed by atoms with Crippen molar-refractivity contribution in [2.45, 2.75) is 0 Å². The number of thiocarbonyl (C=S) groups is 1. The van der Waals surface area contributed by atoms with Crippen LogP contribution in [0.1, 0.15) is 10.4 Å². The van der Waals surface area contributed by atoms with Gasteiger partial charge in [-0.2, -0.15) is 0 Å². The van der Waals surface area contributed by atoms with Gasteiger partial charge >= 0.3 is 5.97 Å². The number of anilines is 1. The van der Waals surface area contributed by atoms with E-state index < -0.39 is 5.97 Å². The minimum atomic E-state index is -0.423. The van der Waals surface area contributed by atoms with Crippen LogP contribution in [0.5, 0.6) is 0 Å². The molecule has 0 atom stereocenters. The Bertz CT molecular complexity index is 409. The second-order valence-corrected chi connectivity index (χ2v) is 3.97. The van der Waals surface area contributed by atoms with E-state index in [-0.39, 0.29) is 5.11 Å². The molecule has 0 aliphatic heterocycles. The molecule has 0 unspecified atom stereocenters. The van der Waals surface area contributed by atoms with Crippen molar-refractivity contribution in [2.24, 2.45) is 5.73 Å². The Morgan fingerprint density at radius 2 is 2.27 bits per heavy atom. The molecule has 0 saturated carbocycles. The monoisotopic (exact) mass is 288 g/mol. The molecule has 3 N–H and O–H groups in total. The molecule has 0 fully saturated rings. The largest absolute Gasteiger partial charge is 0.465 e. The smallest absolute Gasteiger partial charge is 0.339 e. The maximum atomic E-state index is 11.3. The summed E-state index contributed by atoms with van der Waals surface area (Å²) in [5.41, 5.74) is 6.37. The Kier molecular flexibility index (Phi) is 4.05. The Labute approximate surface area is 101 Å². The highest BCUT2D eigenvalue weighted by atomic mass is 79.9. The zero-order valence-electron chi connectivity index (χ0n) is 7.91. The fourth-order valence-electron chi connectivity index (χ4n) is 1.01. The predicted octanol–water partition coefficient (Wildman–Crippen LogP) is 1.89. The van der Waals surface area contributed by atoms with Gasteiger partial charge in [0.15, 0.2) is 5.11 Å². The number of nitrogens with one attached hydrogen (secondary N) is 1. The molecule has 1 aromatic rings. The van der Waals surface area contributed by atoms with Crippen LogP contribution in [0.2, 0.25) is 0 Å². The number of methoxy groups -OCH3 is 1. The first-order valence-corrected chi connectivity index (χ1v) is 5.19. The van der Waals surface area contributed by atoms with E-state index in [4.69, 9.17) is 5.73 Å². The SMILES string of the molecule is COC(=O)c1cc(NC(N)=S)ccc1Br. The lowest BCUT2D eigenvalue weighted by Gasteiger charge is -2.07. The van der Waals surface area contributed by atoms with Gasteiger partial charge in [-0.05, 0) is 46.3 Å². The summed E-state index contributed by atoms with van der Waals surface area (Å²) in [5.74, 6) is -0.423. The van der Waals surface area contributed by atoms with Crippen LogP contribution >= 0.6 is 28.1 Å². The highest BCUT2D eigenvalue weighted by molar-refractivity contribution is 9.10. The number of esters is 1. The molecule has 0 bridgehead atoms. The van der Waals surface area contributed by atoms with Gasteiger partial charge in [-0.25, -0.2) is 4.79 Å². The van der Waals surface area contributed by atoms with E-state index in [1.807, 2.05) is 0 Å². The normalized spacial score (nSPS) is 9.47. The van der Waals surface area contributed by atoms with Gasteiger partial charge in [0, 0.05) is 10.2 Å². The van der Waals surface area contributed by atoms with Gasteiger partial charge in [0.2, 0.25) is 0 Å². The van der Waals surface area contributed by atoms with E-state index in [0.29, 0.717) is 15.7 Å². The van der Waals surface area contributed by atoms with Gasteiger partial charge < -0.3 is 15.8 Å². The highest BCUT2D eigenvalue weighted by Gasteiger charge is 2.10. The molecule has 80 valence electrons. The summed E-state index contributed by atoms with van der Waals surface area (Å²) >= 11 is 7.93. The van der Waals surface area contributed by atoms with E-state index in [9.17, 15) is 4.79 Å². The number of rotatable bonds is 2. The van der Waals surface area contributed by atoms with Gasteiger partial charge in [-0.15, -0.1) is 0 Å². The lowest BCUT2D eigenvalue weighted by Crippen LogP contribution is -2.19. The van der Waals surface area contributed by atoms with Crippen LogP contribution in [0.3, 0.4) is 0 Å². The van der Waals surface area contributed by atoms with Crippen LogP contribution in [-0.4, -0.2) is 18.2 Å². The molecule has 0 spiro atoms. The molecule has 1 aromatic carbocycles. The third kappa shape index (κ3) is 3.17. The maximum Gasteiger partial charge on any atom is 0.339 e. The summed E-state index contributed by atoms with van der Waals surface area (Å²) in [7, 11) is 1.32. The minimum absolute atomic E-state index is 0.146. The van der Waals surface area contributed by atoms with Crippen LogP contribution in [0.4, 0.5) is 5.69 Å². The van der Waals surface area contributed by atoms with Gasteiger partial charge in [-0.3, -0.25) is 0 Å². The van der Waals surface area contributed by atoms with Gasteiger partial charge in [-0.1, -0.05) is 0 Å². The van der Waals surface area contributed by atoms with E-state index >= 15 is 0 Å². The molecule has 0 aliphatic rings. The number of carbonyl (C=O) groups excluding carboxylic acids is 1. The van der Waals surface area contributed by atoms with Crippen molar-refractivity contribution in [3.05, 3.63) is 28.2 Å². The lowest BCUT2D eigenvalue weighted by molar-refractivity contribution is 0.0600. The first-order chi connectivity index (χ1) is 7.04. The van der Waals surface area contributed by atoms with Gasteiger partial charge in [0.05, 0.1) is 12.7 Å². The molecular weight excluding hydrogens is 280 g/mol. The molecular formula is C9H9BrN2O2S. The van der Waals surface area contributed by atoms with Crippen molar-refractivity contribution < 1.29 is 9.53 Å². The van der Waals surface area contributed by atoms with Crippen molar-refractivity contribution in [3.8, 4) is 0 Å². The van der Waals surface area contributed by atoms with Crippen LogP contribution in [0, 0.1) is 0 Å². The second kappa shape index (κ2) is 5.09. The minimum Gasteiger partial charge on any atom is -0.465 e. The number of ether oxygens (including phenoxy) is 1. The number of nitrogens with two attached hydrogens (primary N) is 1. The average Bonchev–Trinajstić information content (AvgIpc) is 2.19. The summed E-state index contributed by atoms with van der Waals surface area (Å²) in [4.78, 5) is 11.3. The first-order valence-electron chi connectivity index (χ1n) is 3.99. The summed E-state index contributed by atoms with van der Waals surface area (Å²) in [6.45, 7) is 0. The Hall–Kier alpha value is -1.14. The van der Waals surface area contributed by atoms with Crippen LogP contribution in [0.25, 0.3) is 0 Å². The van der Waals surface area contributed by atoms with E-state index in [1.54, 1.807) is 18.2 Å². The number of halogens is 1. The number of hydrogen-bond acceptors (Lipinski definition) is 3. The molecule has 0 aliphatic carbocycles. The Morgan fingerprint density at radius 3 is 2.80 bits per heavy atom. The van der Waals surface area contributed by atoms with Crippen LogP contribution < -0.4 is 11.1 Å². The van der Waals surface area contributed by atoms with Crippen molar-refractivity contribution in [1.82, 2.24) is 0 Å². The third-order valence-corrected chi connectivity index (χ3v) is 2.43. The topological polar surface area (TPSA) is 64.3 Å². The Morgan fingerprint density at radius 1 is 1.60 bits per heavy atom. The summed E-state index contributed by atoms with van der Waals surface area (Å²) < 4.78 is 5.27. The van der Waals surface area contributed by atoms with Gasteiger partial charge in [0.25, 0.3) is 0 Å². The van der Waals surface area contributed by atoms with Gasteiger partial charge in [0.1, 0.15) is 0 Å². The fourth-order valence-corrected chi connectivity index (χ4v) is 1.54. The standard InChI is InChI=1S/C9H9BrN2O2S/c1-14-8(13)6-4-5(12-9(11)15)2-3-7(6)10/h2-4H,1H3,(H3,11,12,15). The number of benzene rings is 1. The van der Waals surface area contributed by atoms with E-state index in [1.165, 1.54) is 7.11 Å². The zero-order chi connectivity index (χ0) is 11.4. The van der Waals surface area contributed by atoms with Crippen molar-refractivity contribution >= 4 is 44.9 Å². The first kappa shape index (κ1) is 11.9. The second-order valence-electron chi connectivity index (χ2n) is 2.68. The van der Waals surface area contributed by atoms with E-state index in [2.05, 4.69) is 38.2 Å². The molecule has 0 aromatic heterocycles. The predicted molar refractivity (Wildman–Crippen MR) is 65.9 cm³/mol. The number of carbonyl (C=O) groups is 1. The molecule has 0 saturated heterocycles. The molecule has 0 amide bonds. The molecule has 0 radical (unpaired) electrons. The Balaban J connectivity index is 3.05. The quantitative estimate of drug-likeness (QED) is 0.643. The maximum absolute atomic E-state index is 11.3. The highest BCUT2D eigenvalue weighted by Crippen LogP contribution is 2.21. The lowest BCUT2D eigenvalue weighted by atomic mass is 10.2. The summed E-state index contributed by atoms with van der Waals surface area (Å²) in [6, 6.07) is 5.07. The fraction of sp³-hybridized carbons (Fsp3) is 0.111. The van der Waals surface area contributed by atoms with Crippen LogP contribution in [-0.2, 0) is 4.74 Å². The summed E-state index contributed by atoms with van der Waals surface area (Å²) in [6.07, 6.45) is 0. The average molecular weight is 289 g/mol. The number of hydrogen-bond donors (Lipinski definition) is 2. The molecule has 4 nitrogen and oxygen atoms in total. The molecule has 15 heavy (non-hydrogen) atoms. The van der Waals surface area contributed by atoms with Crippen LogP contribution in [0.15, 0.2) is 22.7 Å². The third-order valence-electron chi connectivity index (χ3n) is 1.64. The van der Waals surface area contributed by atoms with Crippen molar-refractivity contribution in [1.29, 1.82) is 0 Å². The van der Waals surface area contributed by atoms with E-state index in [0.717, 1.165) is 0 Å². The molecule has 6 heteroatoms. The van der Waals surface area contributed by atoms with Crippen molar-refractivity contribution in [3.63, 3.8) is 0 Å². The van der Waals surface area contributed by atoms with Crippen molar-refractivity contribution in [2.75, 3.05) is 12.4 Å². The zero-order valence-corrected chi connectivity index (χ0v) is 10.3.